The molecule has 3 aromatic rings. The lowest BCUT2D eigenvalue weighted by Gasteiger charge is -2.02. The summed E-state index contributed by atoms with van der Waals surface area (Å²) in [5, 5.41) is 4.28. The first-order valence-corrected chi connectivity index (χ1v) is 6.30. The highest BCUT2D eigenvalue weighted by molar-refractivity contribution is 5.57. The van der Waals surface area contributed by atoms with Crippen LogP contribution in [0.25, 0.3) is 11.4 Å². The Balaban J connectivity index is 1.83. The Morgan fingerprint density at radius 1 is 1.00 bits per heavy atom. The van der Waals surface area contributed by atoms with E-state index >= 15 is 0 Å². The molecule has 6 heteroatoms. The van der Waals surface area contributed by atoms with E-state index in [1.807, 2.05) is 12.1 Å². The highest BCUT2D eigenvalue weighted by Crippen LogP contribution is 2.16. The summed E-state index contributed by atoms with van der Waals surface area (Å²) in [4.78, 5) is 4.18. The second-order valence-corrected chi connectivity index (χ2v) is 4.67. The first kappa shape index (κ1) is 13.2. The number of aromatic nitrogens is 3. The summed E-state index contributed by atoms with van der Waals surface area (Å²) >= 11 is 0. The Hall–Kier alpha value is -2.76. The van der Waals surface area contributed by atoms with E-state index in [0.29, 0.717) is 17.1 Å². The molecule has 0 aliphatic heterocycles. The van der Waals surface area contributed by atoms with Gasteiger partial charge in [-0.1, -0.05) is 0 Å². The smallest absolute Gasteiger partial charge is 0.181 e. The number of halogens is 2. The third-order valence-corrected chi connectivity index (χ3v) is 2.97. The molecule has 4 nitrogen and oxygen atoms in total. The minimum atomic E-state index is -0.608. The summed E-state index contributed by atoms with van der Waals surface area (Å²) in [7, 11) is 0. The van der Waals surface area contributed by atoms with Gasteiger partial charge in [-0.05, 0) is 42.0 Å². The Bertz CT molecular complexity index is 745. The van der Waals surface area contributed by atoms with Crippen molar-refractivity contribution in [2.75, 3.05) is 5.73 Å². The van der Waals surface area contributed by atoms with Crippen molar-refractivity contribution in [1.82, 2.24) is 14.8 Å². The van der Waals surface area contributed by atoms with Crippen LogP contribution in [0.5, 0.6) is 0 Å². The lowest BCUT2D eigenvalue weighted by molar-refractivity contribution is 0.574. The van der Waals surface area contributed by atoms with Crippen LogP contribution in [0, 0.1) is 11.6 Å². The van der Waals surface area contributed by atoms with Crippen LogP contribution >= 0.6 is 0 Å². The first-order chi connectivity index (χ1) is 10.1. The van der Waals surface area contributed by atoms with Crippen LogP contribution in [0.4, 0.5) is 14.5 Å². The average molecular weight is 286 g/mol. The molecule has 0 atom stereocenters. The van der Waals surface area contributed by atoms with Crippen LogP contribution in [-0.4, -0.2) is 14.8 Å². The van der Waals surface area contributed by atoms with Crippen molar-refractivity contribution in [2.45, 2.75) is 6.54 Å². The van der Waals surface area contributed by atoms with Gasteiger partial charge < -0.3 is 5.73 Å². The van der Waals surface area contributed by atoms with E-state index in [4.69, 9.17) is 5.73 Å². The Labute approximate surface area is 119 Å². The number of rotatable bonds is 3. The standard InChI is InChI=1S/C15H12F2N4/c16-12-5-10(6-13(17)7-12)8-21-9-19-15(20-21)11-1-3-14(18)4-2-11/h1-7,9H,8,18H2. The minimum absolute atomic E-state index is 0.247. The van der Waals surface area contributed by atoms with Crippen LogP contribution in [-0.2, 0) is 6.54 Å². The Morgan fingerprint density at radius 2 is 1.67 bits per heavy atom. The molecule has 0 bridgehead atoms. The van der Waals surface area contributed by atoms with Crippen molar-refractivity contribution >= 4 is 5.69 Å². The molecular formula is C15H12F2N4. The van der Waals surface area contributed by atoms with Gasteiger partial charge in [-0.25, -0.2) is 18.4 Å². The first-order valence-electron chi connectivity index (χ1n) is 6.30. The number of anilines is 1. The van der Waals surface area contributed by atoms with Crippen LogP contribution < -0.4 is 5.73 Å². The fourth-order valence-corrected chi connectivity index (χ4v) is 2.02. The second-order valence-electron chi connectivity index (χ2n) is 4.67. The summed E-state index contributed by atoms with van der Waals surface area (Å²) in [5.74, 6) is -0.681. The van der Waals surface area contributed by atoms with Gasteiger partial charge in [0.25, 0.3) is 0 Å². The van der Waals surface area contributed by atoms with Gasteiger partial charge in [-0.3, -0.25) is 0 Å². The lowest BCUT2D eigenvalue weighted by atomic mass is 10.2. The lowest BCUT2D eigenvalue weighted by Crippen LogP contribution is -2.01. The monoisotopic (exact) mass is 286 g/mol. The van der Waals surface area contributed by atoms with E-state index in [0.717, 1.165) is 11.6 Å². The molecule has 106 valence electrons. The molecule has 0 aliphatic carbocycles. The molecule has 0 unspecified atom stereocenters. The van der Waals surface area contributed by atoms with E-state index < -0.39 is 11.6 Å². The van der Waals surface area contributed by atoms with Gasteiger partial charge in [0.2, 0.25) is 0 Å². The third-order valence-electron chi connectivity index (χ3n) is 2.97. The molecule has 2 N–H and O–H groups in total. The van der Waals surface area contributed by atoms with Crippen LogP contribution in [0.2, 0.25) is 0 Å². The average Bonchev–Trinajstić information content (AvgIpc) is 2.87. The number of nitrogens with zero attached hydrogens (tertiary/aromatic N) is 3. The van der Waals surface area contributed by atoms with Crippen molar-refractivity contribution in [2.24, 2.45) is 0 Å². The van der Waals surface area contributed by atoms with E-state index in [9.17, 15) is 8.78 Å². The zero-order chi connectivity index (χ0) is 14.8. The van der Waals surface area contributed by atoms with Crippen molar-refractivity contribution in [3.63, 3.8) is 0 Å². The number of nitrogen functional groups attached to an aromatic ring is 1. The molecule has 0 spiro atoms. The molecule has 2 aromatic carbocycles. The number of benzene rings is 2. The molecule has 0 aliphatic rings. The Kier molecular flexibility index (Phi) is 3.35. The van der Waals surface area contributed by atoms with Gasteiger partial charge >= 0.3 is 0 Å². The normalized spacial score (nSPS) is 10.8. The fraction of sp³-hybridized carbons (Fsp3) is 0.0667. The molecule has 0 fully saturated rings. The van der Waals surface area contributed by atoms with Crippen molar-refractivity contribution in [1.29, 1.82) is 0 Å². The fourth-order valence-electron chi connectivity index (χ4n) is 2.02. The van der Waals surface area contributed by atoms with E-state index in [-0.39, 0.29) is 6.54 Å². The topological polar surface area (TPSA) is 56.7 Å². The summed E-state index contributed by atoms with van der Waals surface area (Å²) in [6.07, 6.45) is 1.52. The predicted octanol–water partition coefficient (Wildman–Crippen LogP) is 2.85. The molecule has 3 rings (SSSR count). The molecule has 1 heterocycles. The maximum absolute atomic E-state index is 13.1. The third kappa shape index (κ3) is 3.05. The van der Waals surface area contributed by atoms with E-state index in [1.165, 1.54) is 23.1 Å². The molecular weight excluding hydrogens is 274 g/mol. The molecule has 0 radical (unpaired) electrons. The SMILES string of the molecule is Nc1ccc(-c2ncn(Cc3cc(F)cc(F)c3)n2)cc1. The maximum atomic E-state index is 13.1. The highest BCUT2D eigenvalue weighted by Gasteiger charge is 2.06. The largest absolute Gasteiger partial charge is 0.399 e. The summed E-state index contributed by atoms with van der Waals surface area (Å²) in [6, 6.07) is 10.5. The van der Waals surface area contributed by atoms with Gasteiger partial charge in [0.05, 0.1) is 6.54 Å². The molecule has 0 saturated carbocycles. The number of nitrogens with two attached hydrogens (primary N) is 1. The van der Waals surface area contributed by atoms with Gasteiger partial charge in [0.15, 0.2) is 5.82 Å². The van der Waals surface area contributed by atoms with Crippen molar-refractivity contribution in [3.8, 4) is 11.4 Å². The number of hydrogen-bond donors (Lipinski definition) is 1. The summed E-state index contributed by atoms with van der Waals surface area (Å²) in [6.45, 7) is 0.247. The van der Waals surface area contributed by atoms with E-state index in [1.54, 1.807) is 12.1 Å². The Morgan fingerprint density at radius 3 is 2.33 bits per heavy atom. The zero-order valence-electron chi connectivity index (χ0n) is 11.0. The van der Waals surface area contributed by atoms with Gasteiger partial charge in [-0.2, -0.15) is 5.10 Å². The summed E-state index contributed by atoms with van der Waals surface area (Å²) in [5.41, 5.74) is 7.60. The molecule has 21 heavy (non-hydrogen) atoms. The highest BCUT2D eigenvalue weighted by atomic mass is 19.1. The predicted molar refractivity (Wildman–Crippen MR) is 75.3 cm³/mol. The summed E-state index contributed by atoms with van der Waals surface area (Å²) < 4.78 is 27.8. The molecule has 0 saturated heterocycles. The second kappa shape index (κ2) is 5.32. The molecule has 1 aromatic heterocycles. The molecule has 0 amide bonds. The van der Waals surface area contributed by atoms with Gasteiger partial charge in [0.1, 0.15) is 18.0 Å². The zero-order valence-corrected chi connectivity index (χ0v) is 11.0. The van der Waals surface area contributed by atoms with Crippen molar-refractivity contribution < 1.29 is 8.78 Å². The number of hydrogen-bond acceptors (Lipinski definition) is 3. The van der Waals surface area contributed by atoms with Gasteiger partial charge in [-0.15, -0.1) is 0 Å². The minimum Gasteiger partial charge on any atom is -0.399 e. The van der Waals surface area contributed by atoms with Crippen LogP contribution in [0.1, 0.15) is 5.56 Å². The van der Waals surface area contributed by atoms with E-state index in [2.05, 4.69) is 10.1 Å². The van der Waals surface area contributed by atoms with Crippen LogP contribution in [0.3, 0.4) is 0 Å². The quantitative estimate of drug-likeness (QED) is 0.753. The van der Waals surface area contributed by atoms with Crippen LogP contribution in [0.15, 0.2) is 48.8 Å². The van der Waals surface area contributed by atoms with Gasteiger partial charge in [0, 0.05) is 17.3 Å². The van der Waals surface area contributed by atoms with Crippen molar-refractivity contribution in [3.05, 3.63) is 66.0 Å². The maximum Gasteiger partial charge on any atom is 0.181 e.